The van der Waals surface area contributed by atoms with Crippen LogP contribution in [-0.2, 0) is 9.59 Å². The second kappa shape index (κ2) is 8.99. The van der Waals surface area contributed by atoms with Gasteiger partial charge in [0.15, 0.2) is 0 Å². The van der Waals surface area contributed by atoms with Crippen molar-refractivity contribution >= 4 is 45.0 Å². The number of amides is 2. The van der Waals surface area contributed by atoms with Crippen LogP contribution < -0.4 is 10.6 Å². The van der Waals surface area contributed by atoms with Crippen LogP contribution in [0.2, 0.25) is 0 Å². The number of pyridine rings is 2. The summed E-state index contributed by atoms with van der Waals surface area (Å²) in [6.07, 6.45) is 3.30. The Morgan fingerprint density at radius 1 is 0.647 bits per heavy atom. The second-order valence-corrected chi connectivity index (χ2v) is 7.76. The lowest BCUT2D eigenvalue weighted by Crippen LogP contribution is -2.32. The van der Waals surface area contributed by atoms with Crippen molar-refractivity contribution in [3.63, 3.8) is 0 Å². The molecule has 0 fully saturated rings. The fourth-order valence-electron chi connectivity index (χ4n) is 3.91. The number of nitrogens with one attached hydrogen (secondary N) is 2. The highest BCUT2D eigenvalue weighted by Crippen LogP contribution is 2.27. The van der Waals surface area contributed by atoms with Crippen LogP contribution in [0.1, 0.15) is 11.5 Å². The number of hydrogen-bond donors (Lipinski definition) is 3. The van der Waals surface area contributed by atoms with Gasteiger partial charge in [0, 0.05) is 23.2 Å². The Balaban J connectivity index is 1.50. The van der Waals surface area contributed by atoms with E-state index in [4.69, 9.17) is 0 Å². The lowest BCUT2D eigenvalue weighted by Gasteiger charge is -2.18. The van der Waals surface area contributed by atoms with Gasteiger partial charge in [-0.1, -0.05) is 48.5 Å². The molecule has 166 valence electrons. The van der Waals surface area contributed by atoms with E-state index in [1.807, 2.05) is 48.5 Å². The average Bonchev–Trinajstić information content (AvgIpc) is 2.86. The maximum absolute atomic E-state index is 13.5. The standard InChI is InChI=1S/C27H20N4O3/c32-20-13-11-17(12-14-20)23(26(33)30-21-9-1-5-18-7-3-15-28-24(18)21)27(34)31-22-10-2-6-19-8-4-16-29-25(19)22/h1-16,23,32H,(H,30,33)(H,31,34). The normalized spacial score (nSPS) is 11.0. The monoisotopic (exact) mass is 448 g/mol. The summed E-state index contributed by atoms with van der Waals surface area (Å²) >= 11 is 0. The quantitative estimate of drug-likeness (QED) is 0.334. The number of carbonyl (C=O) groups excluding carboxylic acids is 2. The molecule has 0 aliphatic heterocycles. The minimum absolute atomic E-state index is 0.0415. The summed E-state index contributed by atoms with van der Waals surface area (Å²) in [5, 5.41) is 17.2. The molecule has 2 aromatic heterocycles. The number of nitrogens with zero attached hydrogens (tertiary/aromatic N) is 2. The molecular formula is C27H20N4O3. The number of carbonyl (C=O) groups is 2. The molecule has 2 amide bonds. The zero-order chi connectivity index (χ0) is 23.5. The van der Waals surface area contributed by atoms with E-state index < -0.39 is 17.7 Å². The first kappa shape index (κ1) is 21.1. The number of para-hydroxylation sites is 2. The summed E-state index contributed by atoms with van der Waals surface area (Å²) in [4.78, 5) is 35.7. The van der Waals surface area contributed by atoms with Crippen LogP contribution in [0.4, 0.5) is 11.4 Å². The Morgan fingerprint density at radius 3 is 1.62 bits per heavy atom. The van der Waals surface area contributed by atoms with Gasteiger partial charge in [0.25, 0.3) is 0 Å². The lowest BCUT2D eigenvalue weighted by molar-refractivity contribution is -0.125. The molecule has 0 bridgehead atoms. The molecule has 0 aliphatic rings. The highest BCUT2D eigenvalue weighted by atomic mass is 16.3. The van der Waals surface area contributed by atoms with E-state index in [2.05, 4.69) is 20.6 Å². The Bertz CT molecular complexity index is 1410. The number of fused-ring (bicyclic) bond motifs is 2. The van der Waals surface area contributed by atoms with Crippen molar-refractivity contribution in [2.75, 3.05) is 10.6 Å². The van der Waals surface area contributed by atoms with Gasteiger partial charge in [0.1, 0.15) is 11.7 Å². The molecule has 3 aromatic carbocycles. The van der Waals surface area contributed by atoms with Gasteiger partial charge < -0.3 is 15.7 Å². The summed E-state index contributed by atoms with van der Waals surface area (Å²) in [5.74, 6) is -2.18. The first-order chi connectivity index (χ1) is 16.6. The van der Waals surface area contributed by atoms with Crippen molar-refractivity contribution in [1.29, 1.82) is 0 Å². The third-order valence-electron chi connectivity index (χ3n) is 5.53. The predicted octanol–water partition coefficient (Wildman–Crippen LogP) is 4.85. The van der Waals surface area contributed by atoms with Gasteiger partial charge >= 0.3 is 0 Å². The smallest absolute Gasteiger partial charge is 0.241 e. The number of anilines is 2. The average molecular weight is 448 g/mol. The first-order valence-corrected chi connectivity index (χ1v) is 10.7. The number of rotatable bonds is 5. The molecule has 5 aromatic rings. The molecule has 0 saturated heterocycles. The number of phenolic OH excluding ortho intramolecular Hbond substituents is 1. The Labute approximate surface area is 195 Å². The topological polar surface area (TPSA) is 104 Å². The van der Waals surface area contributed by atoms with Crippen LogP contribution in [0.15, 0.2) is 97.3 Å². The summed E-state index contributed by atoms with van der Waals surface area (Å²) in [6, 6.07) is 24.4. The van der Waals surface area contributed by atoms with Gasteiger partial charge in [0.05, 0.1) is 22.4 Å². The van der Waals surface area contributed by atoms with E-state index in [-0.39, 0.29) is 5.75 Å². The number of aromatic hydroxyl groups is 1. The summed E-state index contributed by atoms with van der Waals surface area (Å²) < 4.78 is 0. The molecule has 0 aliphatic carbocycles. The van der Waals surface area contributed by atoms with E-state index in [0.29, 0.717) is 28.0 Å². The minimum Gasteiger partial charge on any atom is -0.508 e. The molecule has 3 N–H and O–H groups in total. The SMILES string of the molecule is O=C(Nc1cccc2cccnc12)C(C(=O)Nc1cccc2cccnc12)c1ccc(O)cc1. The molecule has 2 heterocycles. The molecule has 34 heavy (non-hydrogen) atoms. The summed E-state index contributed by atoms with van der Waals surface area (Å²) in [7, 11) is 0. The Morgan fingerprint density at radius 2 is 1.12 bits per heavy atom. The molecule has 0 spiro atoms. The molecule has 0 unspecified atom stereocenters. The van der Waals surface area contributed by atoms with Gasteiger partial charge in [-0.3, -0.25) is 19.6 Å². The molecule has 0 atom stereocenters. The number of aromatic nitrogens is 2. The maximum atomic E-state index is 13.5. The summed E-state index contributed by atoms with van der Waals surface area (Å²) in [6.45, 7) is 0. The maximum Gasteiger partial charge on any atom is 0.241 e. The highest BCUT2D eigenvalue weighted by Gasteiger charge is 2.30. The van der Waals surface area contributed by atoms with Gasteiger partial charge in [0.2, 0.25) is 11.8 Å². The van der Waals surface area contributed by atoms with E-state index >= 15 is 0 Å². The Kier molecular flexibility index (Phi) is 5.58. The van der Waals surface area contributed by atoms with E-state index in [9.17, 15) is 14.7 Å². The van der Waals surface area contributed by atoms with Crippen LogP contribution in [0, 0.1) is 0 Å². The van der Waals surface area contributed by atoms with E-state index in [1.165, 1.54) is 12.1 Å². The van der Waals surface area contributed by atoms with Crippen molar-refractivity contribution in [3.05, 3.63) is 103 Å². The predicted molar refractivity (Wildman–Crippen MR) is 132 cm³/mol. The molecule has 5 rings (SSSR count). The molecule has 0 radical (unpaired) electrons. The summed E-state index contributed by atoms with van der Waals surface area (Å²) in [5.41, 5.74) is 2.70. The second-order valence-electron chi connectivity index (χ2n) is 7.76. The van der Waals surface area contributed by atoms with Crippen LogP contribution in [-0.4, -0.2) is 26.9 Å². The molecular weight excluding hydrogens is 428 g/mol. The number of benzene rings is 3. The fraction of sp³-hybridized carbons (Fsp3) is 0.0370. The largest absolute Gasteiger partial charge is 0.508 e. The van der Waals surface area contributed by atoms with E-state index in [1.54, 1.807) is 36.7 Å². The van der Waals surface area contributed by atoms with Crippen LogP contribution >= 0.6 is 0 Å². The van der Waals surface area contributed by atoms with Gasteiger partial charge in [-0.2, -0.15) is 0 Å². The number of phenols is 1. The van der Waals surface area contributed by atoms with Crippen molar-refractivity contribution in [1.82, 2.24) is 9.97 Å². The third-order valence-corrected chi connectivity index (χ3v) is 5.53. The van der Waals surface area contributed by atoms with Gasteiger partial charge in [-0.05, 0) is 42.0 Å². The molecule has 7 heteroatoms. The molecule has 0 saturated carbocycles. The molecule has 7 nitrogen and oxygen atoms in total. The minimum atomic E-state index is -1.18. The third kappa shape index (κ3) is 4.14. The van der Waals surface area contributed by atoms with Crippen molar-refractivity contribution in [3.8, 4) is 5.75 Å². The Hall–Kier alpha value is -4.78. The van der Waals surface area contributed by atoms with Crippen LogP contribution in [0.25, 0.3) is 21.8 Å². The lowest BCUT2D eigenvalue weighted by atomic mass is 9.96. The highest BCUT2D eigenvalue weighted by molar-refractivity contribution is 6.17. The zero-order valence-electron chi connectivity index (χ0n) is 18.0. The van der Waals surface area contributed by atoms with Crippen LogP contribution in [0.3, 0.4) is 0 Å². The van der Waals surface area contributed by atoms with Crippen LogP contribution in [0.5, 0.6) is 5.75 Å². The van der Waals surface area contributed by atoms with Crippen molar-refractivity contribution in [2.45, 2.75) is 5.92 Å². The van der Waals surface area contributed by atoms with Crippen molar-refractivity contribution < 1.29 is 14.7 Å². The van der Waals surface area contributed by atoms with Crippen molar-refractivity contribution in [2.24, 2.45) is 0 Å². The van der Waals surface area contributed by atoms with E-state index in [0.717, 1.165) is 10.8 Å². The zero-order valence-corrected chi connectivity index (χ0v) is 18.0. The fourth-order valence-corrected chi connectivity index (χ4v) is 3.91. The number of hydrogen-bond acceptors (Lipinski definition) is 5. The van der Waals surface area contributed by atoms with Gasteiger partial charge in [-0.25, -0.2) is 0 Å². The van der Waals surface area contributed by atoms with Gasteiger partial charge in [-0.15, -0.1) is 0 Å². The first-order valence-electron chi connectivity index (χ1n) is 10.7.